The van der Waals surface area contributed by atoms with Crippen LogP contribution in [-0.2, 0) is 4.79 Å². The summed E-state index contributed by atoms with van der Waals surface area (Å²) in [5, 5.41) is 10.7. The molecule has 5 nitrogen and oxygen atoms in total. The van der Waals surface area contributed by atoms with Crippen LogP contribution in [-0.4, -0.2) is 56.3 Å². The second kappa shape index (κ2) is 9.20. The van der Waals surface area contributed by atoms with Gasteiger partial charge in [-0.05, 0) is 55.4 Å². The lowest BCUT2D eigenvalue weighted by atomic mass is 10.0. The number of fused-ring (bicyclic) bond motifs is 1. The highest BCUT2D eigenvalue weighted by Crippen LogP contribution is 2.46. The number of anilines is 1. The molecule has 0 spiro atoms. The van der Waals surface area contributed by atoms with Crippen molar-refractivity contribution >= 4 is 23.4 Å². The van der Waals surface area contributed by atoms with E-state index in [1.54, 1.807) is 23.8 Å². The van der Waals surface area contributed by atoms with E-state index in [2.05, 4.69) is 26.0 Å². The number of aliphatic hydroxyl groups excluding tert-OH is 1. The molecule has 156 valence electrons. The molecular formula is C23H30N2O3S. The van der Waals surface area contributed by atoms with Crippen molar-refractivity contribution in [1.29, 1.82) is 0 Å². The lowest BCUT2D eigenvalue weighted by molar-refractivity contribution is -0.126. The Kier molecular flexibility index (Phi) is 6.88. The van der Waals surface area contributed by atoms with Gasteiger partial charge in [0.1, 0.15) is 11.9 Å². The van der Waals surface area contributed by atoms with E-state index in [-0.39, 0.29) is 11.2 Å². The Hall–Kier alpha value is -2.02. The second-order valence-electron chi connectivity index (χ2n) is 7.93. The largest absolute Gasteiger partial charge is 0.497 e. The number of thioether (sulfide) groups is 1. The average Bonchev–Trinajstić information content (AvgIpc) is 2.81. The van der Waals surface area contributed by atoms with E-state index in [0.717, 1.165) is 28.4 Å². The monoisotopic (exact) mass is 414 g/mol. The quantitative estimate of drug-likeness (QED) is 0.776. The number of nitrogens with zero attached hydrogens (tertiary/aromatic N) is 2. The zero-order valence-electron chi connectivity index (χ0n) is 17.8. The minimum absolute atomic E-state index is 0.254. The number of carbonyl (C=O) groups excluding carboxylic acids is 1. The number of carbonyl (C=O) groups is 1. The number of benzene rings is 2. The number of hydrogen-bond donors (Lipinski definition) is 1. The first kappa shape index (κ1) is 21.7. The van der Waals surface area contributed by atoms with Gasteiger partial charge in [-0.1, -0.05) is 32.0 Å². The molecule has 29 heavy (non-hydrogen) atoms. The third-order valence-corrected chi connectivity index (χ3v) is 6.58. The van der Waals surface area contributed by atoms with Gasteiger partial charge in [0.2, 0.25) is 0 Å². The number of amides is 1. The Bertz CT molecular complexity index is 852. The SMILES string of the molecule is COc1ccc([C@@H]2Sc3cc(C(C)C)ccc3N(CCN(C)C)C(=O)[C@@H]2O)cc1. The molecule has 0 saturated heterocycles. The maximum Gasteiger partial charge on any atom is 0.257 e. The van der Waals surface area contributed by atoms with Crippen LogP contribution in [0.5, 0.6) is 5.75 Å². The van der Waals surface area contributed by atoms with Crippen molar-refractivity contribution in [2.75, 3.05) is 39.2 Å². The van der Waals surface area contributed by atoms with Gasteiger partial charge >= 0.3 is 0 Å². The maximum absolute atomic E-state index is 13.3. The van der Waals surface area contributed by atoms with Crippen LogP contribution in [0.2, 0.25) is 0 Å². The van der Waals surface area contributed by atoms with Crippen molar-refractivity contribution in [2.45, 2.75) is 36.0 Å². The minimum atomic E-state index is -1.12. The molecule has 0 aliphatic carbocycles. The fourth-order valence-electron chi connectivity index (χ4n) is 3.39. The van der Waals surface area contributed by atoms with E-state index < -0.39 is 6.10 Å². The van der Waals surface area contributed by atoms with Crippen LogP contribution >= 0.6 is 11.8 Å². The van der Waals surface area contributed by atoms with Gasteiger partial charge in [0.15, 0.2) is 0 Å². The Morgan fingerprint density at radius 2 is 1.86 bits per heavy atom. The summed E-state index contributed by atoms with van der Waals surface area (Å²) in [5.41, 5.74) is 3.01. The summed E-state index contributed by atoms with van der Waals surface area (Å²) in [6, 6.07) is 13.9. The van der Waals surface area contributed by atoms with E-state index in [9.17, 15) is 9.90 Å². The first-order valence-corrected chi connectivity index (χ1v) is 10.8. The smallest absolute Gasteiger partial charge is 0.257 e. The molecule has 0 saturated carbocycles. The summed E-state index contributed by atoms with van der Waals surface area (Å²) in [5.74, 6) is 0.888. The summed E-state index contributed by atoms with van der Waals surface area (Å²) in [4.78, 5) is 18.1. The molecule has 1 heterocycles. The predicted molar refractivity (Wildman–Crippen MR) is 119 cm³/mol. The van der Waals surface area contributed by atoms with E-state index in [4.69, 9.17) is 4.74 Å². The number of likely N-dealkylation sites (N-methyl/N-ethyl adjacent to an activating group) is 1. The van der Waals surface area contributed by atoms with Crippen LogP contribution in [0, 0.1) is 0 Å². The van der Waals surface area contributed by atoms with Gasteiger partial charge in [0, 0.05) is 18.0 Å². The maximum atomic E-state index is 13.3. The molecule has 1 N–H and O–H groups in total. The summed E-state index contributed by atoms with van der Waals surface area (Å²) >= 11 is 1.56. The molecule has 6 heteroatoms. The van der Waals surface area contributed by atoms with Gasteiger partial charge in [-0.25, -0.2) is 0 Å². The van der Waals surface area contributed by atoms with Crippen molar-refractivity contribution < 1.29 is 14.6 Å². The molecule has 1 aliphatic heterocycles. The van der Waals surface area contributed by atoms with Crippen LogP contribution in [0.3, 0.4) is 0 Å². The zero-order valence-corrected chi connectivity index (χ0v) is 18.6. The van der Waals surface area contributed by atoms with Crippen molar-refractivity contribution in [2.24, 2.45) is 0 Å². The molecule has 1 amide bonds. The molecule has 2 aromatic rings. The van der Waals surface area contributed by atoms with E-state index in [1.165, 1.54) is 5.56 Å². The van der Waals surface area contributed by atoms with E-state index in [0.29, 0.717) is 12.5 Å². The standard InChI is InChI=1S/C23H30N2O3S/c1-15(2)17-8-11-19-20(14-17)29-22(16-6-9-18(28-5)10-7-16)21(26)23(27)25(19)13-12-24(3)4/h6-11,14-15,21-22,26H,12-13H2,1-5H3/t21-,22+/m1/s1. The molecule has 2 aromatic carbocycles. The summed E-state index contributed by atoms with van der Waals surface area (Å²) < 4.78 is 5.25. The third kappa shape index (κ3) is 4.77. The predicted octanol–water partition coefficient (Wildman–Crippen LogP) is 3.92. The highest BCUT2D eigenvalue weighted by atomic mass is 32.2. The minimum Gasteiger partial charge on any atom is -0.497 e. The third-order valence-electron chi connectivity index (χ3n) is 5.22. The second-order valence-corrected chi connectivity index (χ2v) is 9.11. The first-order valence-electron chi connectivity index (χ1n) is 9.90. The van der Waals surface area contributed by atoms with Crippen molar-refractivity contribution in [1.82, 2.24) is 4.90 Å². The van der Waals surface area contributed by atoms with Gasteiger partial charge in [0.05, 0.1) is 18.0 Å². The van der Waals surface area contributed by atoms with Gasteiger partial charge in [0.25, 0.3) is 5.91 Å². The molecule has 0 fully saturated rings. The average molecular weight is 415 g/mol. The highest BCUT2D eigenvalue weighted by molar-refractivity contribution is 7.99. The topological polar surface area (TPSA) is 53.0 Å². The summed E-state index contributed by atoms with van der Waals surface area (Å²) in [6.45, 7) is 5.58. The molecule has 2 atom stereocenters. The van der Waals surface area contributed by atoms with Crippen LogP contribution < -0.4 is 9.64 Å². The van der Waals surface area contributed by atoms with Gasteiger partial charge < -0.3 is 19.6 Å². The lowest BCUT2D eigenvalue weighted by Crippen LogP contribution is -2.43. The lowest BCUT2D eigenvalue weighted by Gasteiger charge is -2.26. The van der Waals surface area contributed by atoms with Gasteiger partial charge in [-0.15, -0.1) is 11.8 Å². The van der Waals surface area contributed by atoms with E-state index in [1.807, 2.05) is 49.3 Å². The van der Waals surface area contributed by atoms with Crippen molar-refractivity contribution in [3.63, 3.8) is 0 Å². The van der Waals surface area contributed by atoms with Crippen molar-refractivity contribution in [3.8, 4) is 5.75 Å². The fourth-order valence-corrected chi connectivity index (χ4v) is 4.71. The number of aliphatic hydroxyl groups is 1. The molecule has 0 unspecified atom stereocenters. The summed E-state index contributed by atoms with van der Waals surface area (Å²) in [6.07, 6.45) is -1.12. The van der Waals surface area contributed by atoms with Crippen LogP contribution in [0.4, 0.5) is 5.69 Å². The molecule has 0 radical (unpaired) electrons. The van der Waals surface area contributed by atoms with Gasteiger partial charge in [-0.2, -0.15) is 0 Å². The van der Waals surface area contributed by atoms with Gasteiger partial charge in [-0.3, -0.25) is 4.79 Å². The van der Waals surface area contributed by atoms with E-state index >= 15 is 0 Å². The fraction of sp³-hybridized carbons (Fsp3) is 0.435. The molecule has 0 aromatic heterocycles. The highest BCUT2D eigenvalue weighted by Gasteiger charge is 2.37. The molecule has 3 rings (SSSR count). The zero-order chi connectivity index (χ0) is 21.1. The Morgan fingerprint density at radius 1 is 1.17 bits per heavy atom. The number of hydrogen-bond acceptors (Lipinski definition) is 5. The molecule has 0 bridgehead atoms. The first-order chi connectivity index (χ1) is 13.8. The van der Waals surface area contributed by atoms with Crippen LogP contribution in [0.25, 0.3) is 0 Å². The van der Waals surface area contributed by atoms with Crippen LogP contribution in [0.1, 0.15) is 36.1 Å². The Balaban J connectivity index is 2.04. The normalized spacial score (nSPS) is 19.4. The Morgan fingerprint density at radius 3 is 2.45 bits per heavy atom. The molecule has 1 aliphatic rings. The number of ether oxygens (including phenoxy) is 1. The number of methoxy groups -OCH3 is 1. The summed E-state index contributed by atoms with van der Waals surface area (Å²) in [7, 11) is 5.59. The van der Waals surface area contributed by atoms with Crippen molar-refractivity contribution in [3.05, 3.63) is 53.6 Å². The Labute approximate surface area is 177 Å². The number of rotatable bonds is 6. The van der Waals surface area contributed by atoms with Crippen LogP contribution in [0.15, 0.2) is 47.4 Å². The molecular weight excluding hydrogens is 384 g/mol.